The standard InChI is InChI=1S/C16H22N4O4S/c1-17(2)25(23,24)18-10-8-13(9-11-18)19-12-15(21)20(16(19)22)14-6-4-3-5-7-14/h3-7,13H,8-12H2,1-2H3. The van der Waals surface area contributed by atoms with Crippen LogP contribution in [0, 0.1) is 0 Å². The minimum absolute atomic E-state index is 0.0405. The predicted molar refractivity (Wildman–Crippen MR) is 93.2 cm³/mol. The number of benzene rings is 1. The van der Waals surface area contributed by atoms with E-state index in [0.717, 1.165) is 0 Å². The topological polar surface area (TPSA) is 81.2 Å². The fourth-order valence-corrected chi connectivity index (χ4v) is 4.39. The van der Waals surface area contributed by atoms with Crippen molar-refractivity contribution in [2.45, 2.75) is 18.9 Å². The Balaban J connectivity index is 1.69. The zero-order valence-electron chi connectivity index (χ0n) is 14.3. The molecular formula is C16H22N4O4S. The highest BCUT2D eigenvalue weighted by molar-refractivity contribution is 7.86. The first-order chi connectivity index (χ1) is 11.8. The van der Waals surface area contributed by atoms with Gasteiger partial charge in [0.05, 0.1) is 5.69 Å². The Morgan fingerprint density at radius 1 is 1.04 bits per heavy atom. The number of carbonyl (C=O) groups is 2. The van der Waals surface area contributed by atoms with Gasteiger partial charge in [0.1, 0.15) is 6.54 Å². The van der Waals surface area contributed by atoms with Crippen molar-refractivity contribution in [2.75, 3.05) is 38.6 Å². The second-order valence-electron chi connectivity index (χ2n) is 6.40. The molecule has 0 aliphatic carbocycles. The van der Waals surface area contributed by atoms with Gasteiger partial charge in [0.25, 0.3) is 16.1 Å². The highest BCUT2D eigenvalue weighted by atomic mass is 32.2. The number of hydrogen-bond donors (Lipinski definition) is 0. The summed E-state index contributed by atoms with van der Waals surface area (Å²) in [5.74, 6) is -0.250. The molecule has 136 valence electrons. The summed E-state index contributed by atoms with van der Waals surface area (Å²) >= 11 is 0. The maximum Gasteiger partial charge on any atom is 0.332 e. The Hall–Kier alpha value is -1.97. The van der Waals surface area contributed by atoms with Gasteiger partial charge in [-0.15, -0.1) is 0 Å². The van der Waals surface area contributed by atoms with Gasteiger partial charge in [0.15, 0.2) is 0 Å². The molecule has 0 spiro atoms. The van der Waals surface area contributed by atoms with Crippen molar-refractivity contribution < 1.29 is 18.0 Å². The molecule has 0 atom stereocenters. The molecule has 2 heterocycles. The number of nitrogens with zero attached hydrogens (tertiary/aromatic N) is 4. The van der Waals surface area contributed by atoms with E-state index in [1.54, 1.807) is 29.2 Å². The van der Waals surface area contributed by atoms with Crippen LogP contribution in [0.1, 0.15) is 12.8 Å². The maximum absolute atomic E-state index is 12.7. The lowest BCUT2D eigenvalue weighted by Crippen LogP contribution is -2.50. The zero-order chi connectivity index (χ0) is 18.2. The van der Waals surface area contributed by atoms with Gasteiger partial charge in [0, 0.05) is 33.2 Å². The number of rotatable bonds is 4. The number of urea groups is 1. The quantitative estimate of drug-likeness (QED) is 0.736. The molecule has 0 N–H and O–H groups in total. The molecular weight excluding hydrogens is 344 g/mol. The van der Waals surface area contributed by atoms with E-state index in [-0.39, 0.29) is 24.5 Å². The van der Waals surface area contributed by atoms with Crippen LogP contribution in [0.15, 0.2) is 30.3 Å². The van der Waals surface area contributed by atoms with Crippen LogP contribution >= 0.6 is 0 Å². The Bertz CT molecular complexity index is 758. The third-order valence-electron chi connectivity index (χ3n) is 4.66. The Labute approximate surface area is 147 Å². The van der Waals surface area contributed by atoms with Crippen LogP contribution in [0.25, 0.3) is 0 Å². The van der Waals surface area contributed by atoms with Gasteiger partial charge in [-0.3, -0.25) is 4.79 Å². The van der Waals surface area contributed by atoms with E-state index in [1.165, 1.54) is 27.6 Å². The van der Waals surface area contributed by atoms with Crippen LogP contribution < -0.4 is 4.90 Å². The van der Waals surface area contributed by atoms with Crippen molar-refractivity contribution in [3.8, 4) is 0 Å². The smallest absolute Gasteiger partial charge is 0.312 e. The molecule has 0 unspecified atom stereocenters. The summed E-state index contributed by atoms with van der Waals surface area (Å²) in [4.78, 5) is 27.8. The monoisotopic (exact) mass is 366 g/mol. The average Bonchev–Trinajstić information content (AvgIpc) is 2.90. The molecule has 1 aromatic carbocycles. The van der Waals surface area contributed by atoms with E-state index in [2.05, 4.69) is 0 Å². The van der Waals surface area contributed by atoms with E-state index in [9.17, 15) is 18.0 Å². The first kappa shape index (κ1) is 17.8. The first-order valence-electron chi connectivity index (χ1n) is 8.18. The summed E-state index contributed by atoms with van der Waals surface area (Å²) in [6, 6.07) is 8.39. The SMILES string of the molecule is CN(C)S(=O)(=O)N1CCC(N2CC(=O)N(c3ccccc3)C2=O)CC1. The number of piperidine rings is 1. The molecule has 3 amide bonds. The third kappa shape index (κ3) is 3.26. The molecule has 2 aliphatic heterocycles. The molecule has 2 saturated heterocycles. The largest absolute Gasteiger partial charge is 0.332 e. The number of para-hydroxylation sites is 1. The predicted octanol–water partition coefficient (Wildman–Crippen LogP) is 0.726. The van der Waals surface area contributed by atoms with Gasteiger partial charge in [-0.2, -0.15) is 17.0 Å². The van der Waals surface area contributed by atoms with Crippen LogP contribution in [-0.2, 0) is 15.0 Å². The van der Waals surface area contributed by atoms with Crippen LogP contribution in [0.2, 0.25) is 0 Å². The molecule has 9 heteroatoms. The number of imide groups is 1. The van der Waals surface area contributed by atoms with Crippen LogP contribution in [0.3, 0.4) is 0 Å². The van der Waals surface area contributed by atoms with E-state index >= 15 is 0 Å². The van der Waals surface area contributed by atoms with Crippen LogP contribution in [0.5, 0.6) is 0 Å². The fraction of sp³-hybridized carbons (Fsp3) is 0.500. The van der Waals surface area contributed by atoms with Gasteiger partial charge in [-0.1, -0.05) is 18.2 Å². The zero-order valence-corrected chi connectivity index (χ0v) is 15.1. The van der Waals surface area contributed by atoms with Crippen LogP contribution in [-0.4, -0.2) is 73.6 Å². The molecule has 1 aromatic rings. The van der Waals surface area contributed by atoms with Gasteiger partial charge >= 0.3 is 6.03 Å². The van der Waals surface area contributed by atoms with Crippen LogP contribution in [0.4, 0.5) is 10.5 Å². The molecule has 0 aromatic heterocycles. The highest BCUT2D eigenvalue weighted by Gasteiger charge is 2.42. The molecule has 25 heavy (non-hydrogen) atoms. The van der Waals surface area contributed by atoms with Gasteiger partial charge in [-0.25, -0.2) is 9.69 Å². The minimum atomic E-state index is -3.44. The molecule has 2 aliphatic rings. The summed E-state index contributed by atoms with van der Waals surface area (Å²) in [6.07, 6.45) is 1.05. The van der Waals surface area contributed by atoms with E-state index in [1.807, 2.05) is 6.07 Å². The maximum atomic E-state index is 12.7. The Morgan fingerprint density at radius 2 is 1.64 bits per heavy atom. The second kappa shape index (κ2) is 6.74. The second-order valence-corrected chi connectivity index (χ2v) is 8.54. The van der Waals surface area contributed by atoms with Crippen molar-refractivity contribution in [1.82, 2.24) is 13.5 Å². The van der Waals surface area contributed by atoms with E-state index in [4.69, 9.17) is 0 Å². The summed E-state index contributed by atoms with van der Waals surface area (Å²) in [5.41, 5.74) is 0.563. The summed E-state index contributed by atoms with van der Waals surface area (Å²) in [7, 11) is -0.435. The third-order valence-corrected chi connectivity index (χ3v) is 6.60. The van der Waals surface area contributed by atoms with Gasteiger partial charge in [-0.05, 0) is 25.0 Å². The lowest BCUT2D eigenvalue weighted by Gasteiger charge is -2.36. The van der Waals surface area contributed by atoms with Gasteiger partial charge < -0.3 is 4.90 Å². The number of hydrogen-bond acceptors (Lipinski definition) is 4. The molecule has 2 fully saturated rings. The van der Waals surface area contributed by atoms with Crippen molar-refractivity contribution in [1.29, 1.82) is 0 Å². The lowest BCUT2D eigenvalue weighted by atomic mass is 10.1. The molecule has 0 saturated carbocycles. The molecule has 0 radical (unpaired) electrons. The number of carbonyl (C=O) groups excluding carboxylic acids is 2. The summed E-state index contributed by atoms with van der Waals surface area (Å²) in [6.45, 7) is 0.724. The lowest BCUT2D eigenvalue weighted by molar-refractivity contribution is -0.116. The molecule has 8 nitrogen and oxygen atoms in total. The minimum Gasteiger partial charge on any atom is -0.312 e. The van der Waals surface area contributed by atoms with Crippen molar-refractivity contribution in [3.05, 3.63) is 30.3 Å². The van der Waals surface area contributed by atoms with Gasteiger partial charge in [0.2, 0.25) is 0 Å². The van der Waals surface area contributed by atoms with E-state index in [0.29, 0.717) is 31.6 Å². The summed E-state index contributed by atoms with van der Waals surface area (Å²) < 4.78 is 27.0. The molecule has 0 bridgehead atoms. The fourth-order valence-electron chi connectivity index (χ4n) is 3.25. The first-order valence-corrected chi connectivity index (χ1v) is 9.58. The Kier molecular flexibility index (Phi) is 4.81. The number of amides is 3. The van der Waals surface area contributed by atoms with Crippen molar-refractivity contribution in [2.24, 2.45) is 0 Å². The normalized spacial score (nSPS) is 20.8. The molecule has 3 rings (SSSR count). The van der Waals surface area contributed by atoms with E-state index < -0.39 is 10.2 Å². The van der Waals surface area contributed by atoms with Crippen molar-refractivity contribution >= 4 is 27.8 Å². The Morgan fingerprint density at radius 3 is 2.20 bits per heavy atom. The highest BCUT2D eigenvalue weighted by Crippen LogP contribution is 2.27. The van der Waals surface area contributed by atoms with Crippen molar-refractivity contribution in [3.63, 3.8) is 0 Å². The average molecular weight is 366 g/mol. The number of anilines is 1. The summed E-state index contributed by atoms with van der Waals surface area (Å²) in [5, 5.41) is 0.